The van der Waals surface area contributed by atoms with Gasteiger partial charge in [-0.05, 0) is 24.5 Å². The van der Waals surface area contributed by atoms with Crippen LogP contribution in [0.25, 0.3) is 0 Å². The maximum Gasteiger partial charge on any atom is 0.319 e. The van der Waals surface area contributed by atoms with Crippen LogP contribution in [-0.4, -0.2) is 25.1 Å². The van der Waals surface area contributed by atoms with Crippen LogP contribution in [0.15, 0.2) is 18.2 Å². The fraction of sp³-hybridized carbons (Fsp3) is 0.529. The van der Waals surface area contributed by atoms with E-state index in [1.807, 2.05) is 0 Å². The molecule has 6 heteroatoms. The predicted octanol–water partition coefficient (Wildman–Crippen LogP) is 3.11. The van der Waals surface area contributed by atoms with E-state index < -0.39 is 0 Å². The number of carbonyl (C=O) groups is 2. The number of hydrogen-bond acceptors (Lipinski definition) is 3. The minimum Gasteiger partial charge on any atom is -0.482 e. The summed E-state index contributed by atoms with van der Waals surface area (Å²) in [6.07, 6.45) is 7.62. The Labute approximate surface area is 136 Å². The maximum atomic E-state index is 11.9. The normalized spacial score (nSPS) is 17.7. The molecule has 6 nitrogen and oxygen atoms in total. The number of rotatable bonds is 4. The van der Waals surface area contributed by atoms with E-state index in [0.29, 0.717) is 23.7 Å². The van der Waals surface area contributed by atoms with Gasteiger partial charge >= 0.3 is 6.03 Å². The van der Waals surface area contributed by atoms with Gasteiger partial charge in [-0.25, -0.2) is 4.79 Å². The third kappa shape index (κ3) is 4.37. The molecule has 0 bridgehead atoms. The van der Waals surface area contributed by atoms with E-state index in [9.17, 15) is 9.59 Å². The molecule has 0 saturated heterocycles. The molecule has 3 N–H and O–H groups in total. The van der Waals surface area contributed by atoms with Crippen LogP contribution in [0.3, 0.4) is 0 Å². The van der Waals surface area contributed by atoms with Crippen molar-refractivity contribution in [1.29, 1.82) is 0 Å². The molecule has 23 heavy (non-hydrogen) atoms. The minimum atomic E-state index is -0.208. The molecule has 0 atom stereocenters. The molecule has 3 amide bonds. The second-order valence-electron chi connectivity index (χ2n) is 6.22. The summed E-state index contributed by atoms with van der Waals surface area (Å²) in [5.74, 6) is 1.16. The molecule has 1 aliphatic carbocycles. The summed E-state index contributed by atoms with van der Waals surface area (Å²) >= 11 is 0. The van der Waals surface area contributed by atoms with E-state index in [0.717, 1.165) is 12.3 Å². The lowest BCUT2D eigenvalue weighted by atomic mass is 9.87. The molecular weight excluding hydrogens is 294 g/mol. The molecule has 0 radical (unpaired) electrons. The Morgan fingerprint density at radius 1 is 1.26 bits per heavy atom. The number of nitrogens with one attached hydrogen (secondary N) is 3. The summed E-state index contributed by atoms with van der Waals surface area (Å²) in [7, 11) is 0. The van der Waals surface area contributed by atoms with Crippen LogP contribution in [-0.2, 0) is 4.79 Å². The number of amides is 3. The van der Waals surface area contributed by atoms with Crippen molar-refractivity contribution < 1.29 is 14.3 Å². The molecule has 0 aromatic heterocycles. The van der Waals surface area contributed by atoms with E-state index in [2.05, 4.69) is 16.0 Å². The number of benzene rings is 1. The maximum absolute atomic E-state index is 11.9. The first kappa shape index (κ1) is 15.6. The van der Waals surface area contributed by atoms with Gasteiger partial charge in [0.2, 0.25) is 0 Å². The number of anilines is 2. The Balaban J connectivity index is 1.45. The highest BCUT2D eigenvalue weighted by Crippen LogP contribution is 2.30. The monoisotopic (exact) mass is 317 g/mol. The molecule has 1 aromatic carbocycles. The molecule has 0 spiro atoms. The van der Waals surface area contributed by atoms with Gasteiger partial charge in [0.25, 0.3) is 5.91 Å². The van der Waals surface area contributed by atoms with Gasteiger partial charge in [-0.3, -0.25) is 4.79 Å². The van der Waals surface area contributed by atoms with Gasteiger partial charge < -0.3 is 20.7 Å². The lowest BCUT2D eigenvalue weighted by Crippen LogP contribution is -2.31. The van der Waals surface area contributed by atoms with Crippen molar-refractivity contribution in [3.05, 3.63) is 18.2 Å². The van der Waals surface area contributed by atoms with Crippen molar-refractivity contribution in [1.82, 2.24) is 5.32 Å². The summed E-state index contributed by atoms with van der Waals surface area (Å²) in [6, 6.07) is 4.98. The van der Waals surface area contributed by atoms with Crippen LogP contribution >= 0.6 is 0 Å². The van der Waals surface area contributed by atoms with Crippen molar-refractivity contribution in [2.24, 2.45) is 5.92 Å². The molecule has 1 aliphatic heterocycles. The highest BCUT2D eigenvalue weighted by atomic mass is 16.5. The minimum absolute atomic E-state index is 0.00401. The van der Waals surface area contributed by atoms with Gasteiger partial charge in [0.15, 0.2) is 6.61 Å². The lowest BCUT2D eigenvalue weighted by molar-refractivity contribution is -0.118. The summed E-state index contributed by atoms with van der Waals surface area (Å²) in [5.41, 5.74) is 1.28. The number of ether oxygens (including phenoxy) is 1. The Hall–Kier alpha value is -2.24. The zero-order valence-electron chi connectivity index (χ0n) is 13.2. The van der Waals surface area contributed by atoms with Crippen LogP contribution in [0.5, 0.6) is 5.75 Å². The quantitative estimate of drug-likeness (QED) is 0.798. The highest BCUT2D eigenvalue weighted by Gasteiger charge is 2.17. The second kappa shape index (κ2) is 7.35. The molecule has 124 valence electrons. The van der Waals surface area contributed by atoms with Crippen molar-refractivity contribution in [2.45, 2.75) is 38.5 Å². The first-order valence-electron chi connectivity index (χ1n) is 8.32. The number of hydrogen-bond donors (Lipinski definition) is 3. The van der Waals surface area contributed by atoms with Gasteiger partial charge in [0.1, 0.15) is 5.75 Å². The van der Waals surface area contributed by atoms with E-state index in [1.54, 1.807) is 18.2 Å². The molecule has 1 aromatic rings. The Morgan fingerprint density at radius 2 is 2.09 bits per heavy atom. The van der Waals surface area contributed by atoms with Gasteiger partial charge in [0, 0.05) is 18.3 Å². The first-order chi connectivity index (χ1) is 11.2. The number of fused-ring (bicyclic) bond motifs is 1. The smallest absolute Gasteiger partial charge is 0.319 e. The van der Waals surface area contributed by atoms with Gasteiger partial charge in [-0.1, -0.05) is 32.1 Å². The first-order valence-corrected chi connectivity index (χ1v) is 8.32. The van der Waals surface area contributed by atoms with Crippen LogP contribution in [0.1, 0.15) is 38.5 Å². The molecule has 1 fully saturated rings. The lowest BCUT2D eigenvalue weighted by Gasteiger charge is -2.21. The summed E-state index contributed by atoms with van der Waals surface area (Å²) < 4.78 is 5.33. The van der Waals surface area contributed by atoms with Crippen molar-refractivity contribution in [2.75, 3.05) is 23.8 Å². The molecule has 1 heterocycles. The van der Waals surface area contributed by atoms with E-state index in [4.69, 9.17) is 4.74 Å². The van der Waals surface area contributed by atoms with Crippen LogP contribution in [0.2, 0.25) is 0 Å². The summed E-state index contributed by atoms with van der Waals surface area (Å²) in [6.45, 7) is 0.706. The van der Waals surface area contributed by atoms with E-state index in [1.165, 1.54) is 32.1 Å². The predicted molar refractivity (Wildman–Crippen MR) is 88.8 cm³/mol. The second-order valence-corrected chi connectivity index (χ2v) is 6.22. The molecule has 0 unspecified atom stereocenters. The number of urea groups is 1. The van der Waals surface area contributed by atoms with Crippen LogP contribution < -0.4 is 20.7 Å². The molecule has 1 saturated carbocycles. The Morgan fingerprint density at radius 3 is 2.91 bits per heavy atom. The van der Waals surface area contributed by atoms with E-state index in [-0.39, 0.29) is 18.5 Å². The standard InChI is InChI=1S/C17H23N3O3/c21-16-11-23-15-10-13(6-7-14(15)20-16)19-17(22)18-9-8-12-4-2-1-3-5-12/h6-7,10,12H,1-5,8-9,11H2,(H,20,21)(H2,18,19,22). The average Bonchev–Trinajstić information content (AvgIpc) is 2.56. The SMILES string of the molecule is O=C1COc2cc(NC(=O)NCCC3CCCCC3)ccc2N1. The zero-order valence-corrected chi connectivity index (χ0v) is 13.2. The third-order valence-electron chi connectivity index (χ3n) is 4.44. The van der Waals surface area contributed by atoms with Gasteiger partial charge in [-0.2, -0.15) is 0 Å². The van der Waals surface area contributed by atoms with Crippen LogP contribution in [0, 0.1) is 5.92 Å². The fourth-order valence-electron chi connectivity index (χ4n) is 3.19. The summed E-state index contributed by atoms with van der Waals surface area (Å²) in [4.78, 5) is 23.2. The fourth-order valence-corrected chi connectivity index (χ4v) is 3.19. The molecule has 2 aliphatic rings. The van der Waals surface area contributed by atoms with E-state index >= 15 is 0 Å². The number of carbonyl (C=O) groups excluding carboxylic acids is 2. The molecular formula is C17H23N3O3. The largest absolute Gasteiger partial charge is 0.482 e. The van der Waals surface area contributed by atoms with Crippen molar-refractivity contribution >= 4 is 23.3 Å². The van der Waals surface area contributed by atoms with Gasteiger partial charge in [-0.15, -0.1) is 0 Å². The van der Waals surface area contributed by atoms with Crippen molar-refractivity contribution in [3.63, 3.8) is 0 Å². The van der Waals surface area contributed by atoms with Gasteiger partial charge in [0.05, 0.1) is 5.69 Å². The zero-order chi connectivity index (χ0) is 16.1. The Kier molecular flexibility index (Phi) is 5.00. The summed E-state index contributed by atoms with van der Waals surface area (Å²) in [5, 5.41) is 8.42. The van der Waals surface area contributed by atoms with Crippen LogP contribution in [0.4, 0.5) is 16.2 Å². The third-order valence-corrected chi connectivity index (χ3v) is 4.44. The average molecular weight is 317 g/mol. The van der Waals surface area contributed by atoms with Crippen molar-refractivity contribution in [3.8, 4) is 5.75 Å². The highest BCUT2D eigenvalue weighted by molar-refractivity contribution is 5.96. The Bertz CT molecular complexity index is 582. The topological polar surface area (TPSA) is 79.5 Å². The molecule has 3 rings (SSSR count).